The van der Waals surface area contributed by atoms with Crippen LogP contribution in [0.3, 0.4) is 0 Å². The Morgan fingerprint density at radius 3 is 2.75 bits per heavy atom. The summed E-state index contributed by atoms with van der Waals surface area (Å²) in [7, 11) is 1.65. The first-order valence-electron chi connectivity index (χ1n) is 6.29. The molecular weight excluding hydrogens is 282 g/mol. The van der Waals surface area contributed by atoms with Gasteiger partial charge in [0.25, 0.3) is 0 Å². The largest absolute Gasteiger partial charge is 0.476 e. The van der Waals surface area contributed by atoms with Gasteiger partial charge in [-0.05, 0) is 19.3 Å². The maximum Gasteiger partial charge on any atom is 0.355 e. The molecule has 1 heterocycles. The second kappa shape index (κ2) is 6.19. The first-order valence-corrected chi connectivity index (χ1v) is 7.17. The molecule has 0 atom stereocenters. The Balaban J connectivity index is 1.73. The number of carboxylic acids is 1. The van der Waals surface area contributed by atoms with Gasteiger partial charge in [0, 0.05) is 19.0 Å². The Morgan fingerprint density at radius 2 is 2.25 bits per heavy atom. The highest BCUT2D eigenvalue weighted by Crippen LogP contribution is 2.34. The van der Waals surface area contributed by atoms with Gasteiger partial charge in [-0.25, -0.2) is 14.6 Å². The zero-order valence-corrected chi connectivity index (χ0v) is 12.0. The van der Waals surface area contributed by atoms with Crippen molar-refractivity contribution in [2.75, 3.05) is 13.7 Å². The minimum absolute atomic E-state index is 0.0000112. The van der Waals surface area contributed by atoms with Crippen molar-refractivity contribution >= 4 is 23.3 Å². The topological polar surface area (TPSA) is 101 Å². The van der Waals surface area contributed by atoms with Gasteiger partial charge in [-0.3, -0.25) is 0 Å². The fourth-order valence-corrected chi connectivity index (χ4v) is 2.68. The number of nitrogens with zero attached hydrogens (tertiary/aromatic N) is 1. The SMILES string of the molecule is COC1(CNC(=O)NCc2nc(C(=O)O)cs2)CCC1. The van der Waals surface area contributed by atoms with E-state index in [1.54, 1.807) is 7.11 Å². The third kappa shape index (κ3) is 3.45. The number of methoxy groups -OCH3 is 1. The van der Waals surface area contributed by atoms with Gasteiger partial charge in [-0.1, -0.05) is 0 Å². The lowest BCUT2D eigenvalue weighted by atomic mass is 9.80. The molecule has 0 aromatic carbocycles. The number of amides is 2. The second-order valence-corrected chi connectivity index (χ2v) is 5.65. The Labute approximate surface area is 120 Å². The molecule has 2 amide bonds. The number of aromatic carboxylic acids is 1. The summed E-state index contributed by atoms with van der Waals surface area (Å²) in [5.41, 5.74) is -0.213. The molecule has 3 N–H and O–H groups in total. The van der Waals surface area contributed by atoms with Crippen LogP contribution < -0.4 is 10.6 Å². The van der Waals surface area contributed by atoms with Gasteiger partial charge in [-0.2, -0.15) is 0 Å². The van der Waals surface area contributed by atoms with Crippen LogP contribution in [0, 0.1) is 0 Å². The number of urea groups is 1. The molecule has 20 heavy (non-hydrogen) atoms. The number of ether oxygens (including phenoxy) is 1. The quantitative estimate of drug-likeness (QED) is 0.733. The number of carboxylic acid groups (broad SMARTS) is 1. The van der Waals surface area contributed by atoms with Crippen molar-refractivity contribution in [3.63, 3.8) is 0 Å². The lowest BCUT2D eigenvalue weighted by Crippen LogP contribution is -2.51. The fourth-order valence-electron chi connectivity index (χ4n) is 1.97. The Bertz CT molecular complexity index is 493. The molecule has 1 aromatic rings. The van der Waals surface area contributed by atoms with Gasteiger partial charge >= 0.3 is 12.0 Å². The molecule has 0 saturated heterocycles. The Hall–Kier alpha value is -1.67. The normalized spacial score (nSPS) is 16.2. The Morgan fingerprint density at radius 1 is 1.50 bits per heavy atom. The molecule has 0 bridgehead atoms. The monoisotopic (exact) mass is 299 g/mol. The highest BCUT2D eigenvalue weighted by Gasteiger charge is 2.37. The molecule has 0 aliphatic heterocycles. The zero-order chi connectivity index (χ0) is 14.6. The number of carbonyl (C=O) groups is 2. The molecular formula is C12H17N3O4S. The van der Waals surface area contributed by atoms with Crippen LogP contribution in [-0.4, -0.2) is 41.3 Å². The van der Waals surface area contributed by atoms with Crippen LogP contribution in [-0.2, 0) is 11.3 Å². The van der Waals surface area contributed by atoms with Crippen LogP contribution in [0.25, 0.3) is 0 Å². The number of carbonyl (C=O) groups excluding carboxylic acids is 1. The number of nitrogens with one attached hydrogen (secondary N) is 2. The first kappa shape index (κ1) is 14.7. The van der Waals surface area contributed by atoms with E-state index in [0.29, 0.717) is 11.6 Å². The molecule has 2 rings (SSSR count). The van der Waals surface area contributed by atoms with Crippen LogP contribution in [0.1, 0.15) is 34.8 Å². The fraction of sp³-hybridized carbons (Fsp3) is 0.583. The van der Waals surface area contributed by atoms with Crippen molar-refractivity contribution in [1.29, 1.82) is 0 Å². The molecule has 8 heteroatoms. The summed E-state index contributed by atoms with van der Waals surface area (Å²) in [4.78, 5) is 26.2. The minimum atomic E-state index is -1.07. The summed E-state index contributed by atoms with van der Waals surface area (Å²) < 4.78 is 5.40. The van der Waals surface area contributed by atoms with Gasteiger partial charge in [0.2, 0.25) is 0 Å². The second-order valence-electron chi connectivity index (χ2n) is 4.71. The molecule has 7 nitrogen and oxygen atoms in total. The number of hydrogen-bond acceptors (Lipinski definition) is 5. The average molecular weight is 299 g/mol. The predicted molar refractivity (Wildman–Crippen MR) is 72.9 cm³/mol. The van der Waals surface area contributed by atoms with E-state index in [-0.39, 0.29) is 23.9 Å². The highest BCUT2D eigenvalue weighted by atomic mass is 32.1. The molecule has 1 aliphatic carbocycles. The first-order chi connectivity index (χ1) is 9.54. The van der Waals surface area contributed by atoms with Gasteiger partial charge < -0.3 is 20.5 Å². The number of thiazole rings is 1. The highest BCUT2D eigenvalue weighted by molar-refractivity contribution is 7.09. The number of rotatable bonds is 6. The smallest absolute Gasteiger partial charge is 0.355 e. The minimum Gasteiger partial charge on any atom is -0.476 e. The third-order valence-corrected chi connectivity index (χ3v) is 4.29. The molecule has 1 aromatic heterocycles. The summed E-state index contributed by atoms with van der Waals surface area (Å²) >= 11 is 1.20. The van der Waals surface area contributed by atoms with E-state index in [0.717, 1.165) is 19.3 Å². The molecule has 0 unspecified atom stereocenters. The molecule has 0 radical (unpaired) electrons. The predicted octanol–water partition coefficient (Wildman–Crippen LogP) is 1.21. The van der Waals surface area contributed by atoms with Crippen LogP contribution in [0.15, 0.2) is 5.38 Å². The van der Waals surface area contributed by atoms with E-state index in [4.69, 9.17) is 9.84 Å². The van der Waals surface area contributed by atoms with Gasteiger partial charge in [0.1, 0.15) is 5.01 Å². The van der Waals surface area contributed by atoms with Crippen LogP contribution in [0.5, 0.6) is 0 Å². The molecule has 0 spiro atoms. The van der Waals surface area contributed by atoms with Crippen molar-refractivity contribution in [1.82, 2.24) is 15.6 Å². The van der Waals surface area contributed by atoms with Crippen molar-refractivity contribution in [3.8, 4) is 0 Å². The maximum absolute atomic E-state index is 11.6. The van der Waals surface area contributed by atoms with Gasteiger partial charge in [0.05, 0.1) is 12.1 Å². The summed E-state index contributed by atoms with van der Waals surface area (Å²) in [6.07, 6.45) is 3.03. The van der Waals surface area contributed by atoms with E-state index >= 15 is 0 Å². The van der Waals surface area contributed by atoms with Crippen molar-refractivity contribution < 1.29 is 19.4 Å². The van der Waals surface area contributed by atoms with Crippen LogP contribution >= 0.6 is 11.3 Å². The molecule has 110 valence electrons. The lowest BCUT2D eigenvalue weighted by Gasteiger charge is -2.40. The van der Waals surface area contributed by atoms with Crippen molar-refractivity contribution in [2.24, 2.45) is 0 Å². The summed E-state index contributed by atoms with van der Waals surface area (Å²) in [5, 5.41) is 16.2. The summed E-state index contributed by atoms with van der Waals surface area (Å²) in [6, 6.07) is -0.305. The zero-order valence-electron chi connectivity index (χ0n) is 11.1. The molecule has 1 aliphatic rings. The summed E-state index contributed by atoms with van der Waals surface area (Å²) in [6.45, 7) is 0.692. The number of hydrogen-bond donors (Lipinski definition) is 3. The van der Waals surface area contributed by atoms with Gasteiger partial charge in [0.15, 0.2) is 5.69 Å². The van der Waals surface area contributed by atoms with Crippen molar-refractivity contribution in [3.05, 3.63) is 16.1 Å². The van der Waals surface area contributed by atoms with E-state index in [1.165, 1.54) is 16.7 Å². The number of aromatic nitrogens is 1. The summed E-state index contributed by atoms with van der Waals surface area (Å²) in [5.74, 6) is -1.07. The third-order valence-electron chi connectivity index (χ3n) is 3.44. The average Bonchev–Trinajstić information content (AvgIpc) is 2.84. The van der Waals surface area contributed by atoms with Crippen molar-refractivity contribution in [2.45, 2.75) is 31.4 Å². The van der Waals surface area contributed by atoms with E-state index < -0.39 is 5.97 Å². The standard InChI is InChI=1S/C12H17N3O4S/c1-19-12(3-2-4-12)7-14-11(18)13-5-9-15-8(6-20-9)10(16)17/h6H,2-5,7H2,1H3,(H,16,17)(H2,13,14,18). The van der Waals surface area contributed by atoms with E-state index in [9.17, 15) is 9.59 Å². The Kier molecular flexibility index (Phi) is 4.56. The maximum atomic E-state index is 11.6. The van der Waals surface area contributed by atoms with E-state index in [1.807, 2.05) is 0 Å². The van der Waals surface area contributed by atoms with Crippen LogP contribution in [0.4, 0.5) is 4.79 Å². The lowest BCUT2D eigenvalue weighted by molar-refractivity contribution is -0.0674. The van der Waals surface area contributed by atoms with E-state index in [2.05, 4.69) is 15.6 Å². The van der Waals surface area contributed by atoms with Gasteiger partial charge in [-0.15, -0.1) is 11.3 Å². The molecule has 1 fully saturated rings. The molecule has 1 saturated carbocycles. The van der Waals surface area contributed by atoms with Crippen LogP contribution in [0.2, 0.25) is 0 Å².